The Morgan fingerprint density at radius 2 is 2.16 bits per heavy atom. The summed E-state index contributed by atoms with van der Waals surface area (Å²) in [6.45, 7) is 15.2. The van der Waals surface area contributed by atoms with E-state index in [1.807, 2.05) is 0 Å². The largest absolute Gasteiger partial charge is 0.395 e. The Labute approximate surface area is 117 Å². The summed E-state index contributed by atoms with van der Waals surface area (Å²) in [6.07, 6.45) is 2.73. The smallest absolute Gasteiger partial charge is 0.0558 e. The molecule has 1 aliphatic heterocycles. The maximum atomic E-state index is 9.22. The molecule has 2 nitrogen and oxygen atoms in total. The summed E-state index contributed by atoms with van der Waals surface area (Å²) in [5.74, 6) is 4.02. The first-order valence-electron chi connectivity index (χ1n) is 8.01. The second kappa shape index (κ2) is 4.60. The van der Waals surface area contributed by atoms with Crippen molar-refractivity contribution >= 4 is 0 Å². The lowest BCUT2D eigenvalue weighted by molar-refractivity contribution is -0.0113. The number of piperidine rings is 1. The number of aliphatic hydroxyl groups excluding tert-OH is 1. The summed E-state index contributed by atoms with van der Waals surface area (Å²) in [5, 5.41) is 9.22. The molecule has 1 saturated heterocycles. The fraction of sp³-hybridized carbons (Fsp3) is 0.882. The molecule has 1 heterocycles. The van der Waals surface area contributed by atoms with E-state index in [1.54, 1.807) is 0 Å². The quantitative estimate of drug-likeness (QED) is 0.792. The van der Waals surface area contributed by atoms with Gasteiger partial charge in [-0.1, -0.05) is 32.9 Å². The minimum Gasteiger partial charge on any atom is -0.395 e. The number of rotatable bonds is 3. The van der Waals surface area contributed by atoms with Crippen LogP contribution in [0.5, 0.6) is 0 Å². The third-order valence-electron chi connectivity index (χ3n) is 6.60. The second-order valence-electron chi connectivity index (χ2n) is 7.66. The van der Waals surface area contributed by atoms with Gasteiger partial charge in [-0.15, -0.1) is 0 Å². The lowest BCUT2D eigenvalue weighted by Gasteiger charge is -2.49. The van der Waals surface area contributed by atoms with Gasteiger partial charge < -0.3 is 10.0 Å². The first-order chi connectivity index (χ1) is 8.99. The zero-order valence-corrected chi connectivity index (χ0v) is 12.7. The lowest BCUT2D eigenvalue weighted by atomic mass is 9.60. The number of aliphatic hydroxyl groups is 1. The minimum absolute atomic E-state index is 0.293. The number of β-amino-alcohol motifs (C(OH)–C–C–N with tert-alkyl or cyclic N) is 1. The van der Waals surface area contributed by atoms with E-state index in [0.717, 1.165) is 36.8 Å². The van der Waals surface area contributed by atoms with Gasteiger partial charge in [-0.3, -0.25) is 0 Å². The van der Waals surface area contributed by atoms with Crippen molar-refractivity contribution in [1.82, 2.24) is 4.90 Å². The van der Waals surface area contributed by atoms with Gasteiger partial charge in [0.1, 0.15) is 0 Å². The third-order valence-corrected chi connectivity index (χ3v) is 6.60. The minimum atomic E-state index is 0.293. The SMILES string of the molecule is C=C1[C@H]2CN(CCO)C[C@@H]3[C@H]2[C@H](C(C)C)CC[C@@]13C. The molecule has 3 aliphatic rings. The van der Waals surface area contributed by atoms with Crippen molar-refractivity contribution in [2.24, 2.45) is 35.0 Å². The maximum Gasteiger partial charge on any atom is 0.0558 e. The van der Waals surface area contributed by atoms with Crippen LogP contribution in [-0.2, 0) is 0 Å². The molecule has 4 bridgehead atoms. The molecule has 2 heteroatoms. The predicted octanol–water partition coefficient (Wildman–Crippen LogP) is 2.79. The molecular formula is C17H29NO. The average Bonchev–Trinajstić information content (AvgIpc) is 2.48. The lowest BCUT2D eigenvalue weighted by Crippen LogP contribution is -2.50. The highest BCUT2D eigenvalue weighted by atomic mass is 16.3. The van der Waals surface area contributed by atoms with Gasteiger partial charge in [0.15, 0.2) is 0 Å². The predicted molar refractivity (Wildman–Crippen MR) is 78.8 cm³/mol. The van der Waals surface area contributed by atoms with E-state index in [2.05, 4.69) is 32.3 Å². The fourth-order valence-corrected chi connectivity index (χ4v) is 5.49. The van der Waals surface area contributed by atoms with Crippen molar-refractivity contribution in [3.05, 3.63) is 12.2 Å². The maximum absolute atomic E-state index is 9.22. The van der Waals surface area contributed by atoms with E-state index < -0.39 is 0 Å². The summed E-state index contributed by atoms with van der Waals surface area (Å²) in [6, 6.07) is 0. The molecule has 19 heavy (non-hydrogen) atoms. The Balaban J connectivity index is 1.91. The molecule has 0 unspecified atom stereocenters. The van der Waals surface area contributed by atoms with Gasteiger partial charge in [0.25, 0.3) is 0 Å². The van der Waals surface area contributed by atoms with Crippen LogP contribution in [0.15, 0.2) is 12.2 Å². The molecule has 0 aromatic carbocycles. The second-order valence-corrected chi connectivity index (χ2v) is 7.66. The number of hydrogen-bond donors (Lipinski definition) is 1. The first-order valence-corrected chi connectivity index (χ1v) is 8.01. The Kier molecular flexibility index (Phi) is 3.30. The van der Waals surface area contributed by atoms with E-state index in [0.29, 0.717) is 17.9 Å². The van der Waals surface area contributed by atoms with E-state index in [4.69, 9.17) is 0 Å². The zero-order valence-electron chi connectivity index (χ0n) is 12.7. The molecule has 0 amide bonds. The van der Waals surface area contributed by atoms with Crippen LogP contribution in [0.25, 0.3) is 0 Å². The molecule has 0 aromatic rings. The monoisotopic (exact) mass is 263 g/mol. The summed E-state index contributed by atoms with van der Waals surface area (Å²) in [5.41, 5.74) is 1.91. The molecule has 1 N–H and O–H groups in total. The van der Waals surface area contributed by atoms with Gasteiger partial charge in [-0.2, -0.15) is 0 Å². The average molecular weight is 263 g/mol. The number of likely N-dealkylation sites (tertiary alicyclic amines) is 1. The van der Waals surface area contributed by atoms with Crippen LogP contribution in [0.1, 0.15) is 33.6 Å². The van der Waals surface area contributed by atoms with Gasteiger partial charge in [0.05, 0.1) is 6.61 Å². The van der Waals surface area contributed by atoms with E-state index in [-0.39, 0.29) is 0 Å². The van der Waals surface area contributed by atoms with Crippen LogP contribution in [0.4, 0.5) is 0 Å². The molecule has 2 saturated carbocycles. The van der Waals surface area contributed by atoms with Crippen molar-refractivity contribution in [1.29, 1.82) is 0 Å². The molecule has 3 rings (SSSR count). The molecule has 2 aliphatic carbocycles. The van der Waals surface area contributed by atoms with Crippen molar-refractivity contribution in [2.75, 3.05) is 26.2 Å². The van der Waals surface area contributed by atoms with E-state index in [9.17, 15) is 5.11 Å². The Bertz CT molecular complexity index is 377. The highest BCUT2D eigenvalue weighted by Gasteiger charge is 2.60. The highest BCUT2D eigenvalue weighted by molar-refractivity contribution is 5.29. The molecule has 3 fully saturated rings. The fourth-order valence-electron chi connectivity index (χ4n) is 5.49. The summed E-state index contributed by atoms with van der Waals surface area (Å²) >= 11 is 0. The Morgan fingerprint density at radius 3 is 2.79 bits per heavy atom. The first kappa shape index (κ1) is 13.6. The third kappa shape index (κ3) is 1.83. The van der Waals surface area contributed by atoms with Gasteiger partial charge in [-0.25, -0.2) is 0 Å². The van der Waals surface area contributed by atoms with Crippen molar-refractivity contribution in [3.63, 3.8) is 0 Å². The molecular weight excluding hydrogens is 234 g/mol. The summed E-state index contributed by atoms with van der Waals surface area (Å²) in [7, 11) is 0. The van der Waals surface area contributed by atoms with Crippen molar-refractivity contribution in [3.8, 4) is 0 Å². The van der Waals surface area contributed by atoms with Gasteiger partial charge in [-0.05, 0) is 47.8 Å². The summed E-state index contributed by atoms with van der Waals surface area (Å²) < 4.78 is 0. The van der Waals surface area contributed by atoms with Gasteiger partial charge >= 0.3 is 0 Å². The Morgan fingerprint density at radius 1 is 1.42 bits per heavy atom. The van der Waals surface area contributed by atoms with Crippen LogP contribution < -0.4 is 0 Å². The standard InChI is InChI=1S/C17H29NO/c1-11(2)13-5-6-17(4)12(3)14-9-18(7-8-19)10-15(17)16(13)14/h11,13-16,19H,3,5-10H2,1-2,4H3/t13-,14+,15+,16-,17-/m0/s1. The molecule has 0 spiro atoms. The number of hydrogen-bond acceptors (Lipinski definition) is 2. The Hall–Kier alpha value is -0.340. The topological polar surface area (TPSA) is 23.5 Å². The van der Waals surface area contributed by atoms with E-state index in [1.165, 1.54) is 25.0 Å². The van der Waals surface area contributed by atoms with E-state index >= 15 is 0 Å². The molecule has 0 aromatic heterocycles. The van der Waals surface area contributed by atoms with Crippen LogP contribution in [0.2, 0.25) is 0 Å². The van der Waals surface area contributed by atoms with Crippen LogP contribution in [0, 0.1) is 35.0 Å². The zero-order chi connectivity index (χ0) is 13.8. The molecule has 108 valence electrons. The molecule has 5 atom stereocenters. The van der Waals surface area contributed by atoms with Gasteiger partial charge in [0.2, 0.25) is 0 Å². The van der Waals surface area contributed by atoms with Crippen LogP contribution in [0.3, 0.4) is 0 Å². The number of nitrogens with zero attached hydrogens (tertiary/aromatic N) is 1. The summed E-state index contributed by atoms with van der Waals surface area (Å²) in [4.78, 5) is 2.48. The molecule has 0 radical (unpaired) electrons. The highest BCUT2D eigenvalue weighted by Crippen LogP contribution is 2.65. The van der Waals surface area contributed by atoms with Crippen molar-refractivity contribution in [2.45, 2.75) is 33.6 Å². The normalized spacial score (nSPS) is 46.1. The van der Waals surface area contributed by atoms with Crippen LogP contribution >= 0.6 is 0 Å². The van der Waals surface area contributed by atoms with Crippen molar-refractivity contribution < 1.29 is 5.11 Å². The van der Waals surface area contributed by atoms with Crippen LogP contribution in [-0.4, -0.2) is 36.2 Å². The van der Waals surface area contributed by atoms with Gasteiger partial charge in [0, 0.05) is 19.6 Å².